The molecule has 0 amide bonds. The minimum Gasteiger partial charge on any atom is -0.300 e. The highest BCUT2D eigenvalue weighted by atomic mass is 16.1. The molecule has 0 unspecified atom stereocenters. The number of ketones is 1. The van der Waals surface area contributed by atoms with Crippen molar-refractivity contribution in [2.24, 2.45) is 0 Å². The molecule has 18 heavy (non-hydrogen) atoms. The average molecular weight is 242 g/mol. The van der Waals surface area contributed by atoms with Gasteiger partial charge >= 0.3 is 0 Å². The molecule has 0 aliphatic rings. The lowest BCUT2D eigenvalue weighted by Crippen LogP contribution is -1.98. The summed E-state index contributed by atoms with van der Waals surface area (Å²) in [4.78, 5) is 11.2. The molecule has 0 radical (unpaired) electrons. The second-order valence-electron chi connectivity index (χ2n) is 4.85. The molecule has 3 heteroatoms. The van der Waals surface area contributed by atoms with Gasteiger partial charge in [-0.2, -0.15) is 5.10 Å². The fraction of sp³-hybridized carbons (Fsp3) is 0.333. The van der Waals surface area contributed by atoms with E-state index in [-0.39, 0.29) is 5.78 Å². The number of carbonyl (C=O) groups is 1. The zero-order valence-corrected chi connectivity index (χ0v) is 11.3. The largest absolute Gasteiger partial charge is 0.300 e. The van der Waals surface area contributed by atoms with Gasteiger partial charge in [-0.05, 0) is 39.3 Å². The Bertz CT molecular complexity index is 597. The lowest BCUT2D eigenvalue weighted by atomic mass is 10.1. The molecule has 0 bridgehead atoms. The molecular formula is C15H18N2O. The number of hydrogen-bond donors (Lipinski definition) is 0. The van der Waals surface area contributed by atoms with Gasteiger partial charge in [-0.3, -0.25) is 4.79 Å². The summed E-state index contributed by atoms with van der Waals surface area (Å²) in [6, 6.07) is 6.27. The summed E-state index contributed by atoms with van der Waals surface area (Å²) in [5, 5.41) is 4.49. The van der Waals surface area contributed by atoms with Gasteiger partial charge < -0.3 is 0 Å². The Hall–Kier alpha value is -1.90. The first-order valence-corrected chi connectivity index (χ1v) is 6.09. The predicted octanol–water partition coefficient (Wildman–Crippen LogP) is 2.93. The molecule has 0 saturated heterocycles. The second-order valence-corrected chi connectivity index (χ2v) is 4.85. The summed E-state index contributed by atoms with van der Waals surface area (Å²) >= 11 is 0. The lowest BCUT2D eigenvalue weighted by molar-refractivity contribution is -0.116. The normalized spacial score (nSPS) is 10.7. The third-order valence-electron chi connectivity index (χ3n) is 3.04. The fourth-order valence-corrected chi connectivity index (χ4v) is 2.12. The predicted molar refractivity (Wildman–Crippen MR) is 72.2 cm³/mol. The molecule has 1 aromatic carbocycles. The first-order chi connectivity index (χ1) is 8.47. The van der Waals surface area contributed by atoms with Crippen LogP contribution in [0.1, 0.15) is 29.3 Å². The number of aromatic nitrogens is 2. The fourth-order valence-electron chi connectivity index (χ4n) is 2.12. The van der Waals surface area contributed by atoms with Crippen LogP contribution in [0.3, 0.4) is 0 Å². The summed E-state index contributed by atoms with van der Waals surface area (Å²) in [7, 11) is 0. The quantitative estimate of drug-likeness (QED) is 0.829. The van der Waals surface area contributed by atoms with Crippen molar-refractivity contribution in [3.63, 3.8) is 0 Å². The van der Waals surface area contributed by atoms with E-state index in [1.807, 2.05) is 17.8 Å². The van der Waals surface area contributed by atoms with Crippen LogP contribution in [-0.4, -0.2) is 15.6 Å². The van der Waals surface area contributed by atoms with Crippen LogP contribution in [0.4, 0.5) is 0 Å². The number of Topliss-reactive ketones (excluding diaryl/α,β-unsaturated/α-hetero) is 1. The first-order valence-electron chi connectivity index (χ1n) is 6.09. The van der Waals surface area contributed by atoms with E-state index in [1.165, 1.54) is 11.1 Å². The second kappa shape index (κ2) is 4.77. The van der Waals surface area contributed by atoms with Crippen molar-refractivity contribution in [1.82, 2.24) is 9.78 Å². The van der Waals surface area contributed by atoms with E-state index >= 15 is 0 Å². The summed E-state index contributed by atoms with van der Waals surface area (Å²) in [6.45, 7) is 7.70. The molecule has 0 aliphatic heterocycles. The van der Waals surface area contributed by atoms with Gasteiger partial charge in [0.15, 0.2) is 0 Å². The molecule has 3 nitrogen and oxygen atoms in total. The standard InChI is InChI=1S/C15H18N2O/c1-10-5-6-15(11(2)7-10)17-9-14(8-12(3)18)13(4)16-17/h5-7,9H,8H2,1-4H3. The van der Waals surface area contributed by atoms with Crippen LogP contribution in [-0.2, 0) is 11.2 Å². The molecular weight excluding hydrogens is 224 g/mol. The molecule has 0 atom stereocenters. The molecule has 2 aromatic rings. The highest BCUT2D eigenvalue weighted by molar-refractivity contribution is 5.78. The number of nitrogens with zero attached hydrogens (tertiary/aromatic N) is 2. The highest BCUT2D eigenvalue weighted by Crippen LogP contribution is 2.17. The monoisotopic (exact) mass is 242 g/mol. The summed E-state index contributed by atoms with van der Waals surface area (Å²) in [5.74, 6) is 0.165. The molecule has 0 aliphatic carbocycles. The van der Waals surface area contributed by atoms with Crippen molar-refractivity contribution >= 4 is 5.78 Å². The highest BCUT2D eigenvalue weighted by Gasteiger charge is 2.09. The Labute approximate surface area is 107 Å². The average Bonchev–Trinajstić information content (AvgIpc) is 2.59. The Morgan fingerprint density at radius 1 is 1.28 bits per heavy atom. The van der Waals surface area contributed by atoms with Crippen molar-refractivity contribution in [1.29, 1.82) is 0 Å². The van der Waals surface area contributed by atoms with Crippen molar-refractivity contribution < 1.29 is 4.79 Å². The number of hydrogen-bond acceptors (Lipinski definition) is 2. The van der Waals surface area contributed by atoms with Crippen LogP contribution in [0, 0.1) is 20.8 Å². The van der Waals surface area contributed by atoms with E-state index in [9.17, 15) is 4.79 Å². The van der Waals surface area contributed by atoms with E-state index < -0.39 is 0 Å². The first kappa shape index (κ1) is 12.6. The van der Waals surface area contributed by atoms with Crippen LogP contribution in [0.5, 0.6) is 0 Å². The molecule has 2 rings (SSSR count). The number of rotatable bonds is 3. The van der Waals surface area contributed by atoms with Crippen molar-refractivity contribution in [2.75, 3.05) is 0 Å². The molecule has 0 fully saturated rings. The van der Waals surface area contributed by atoms with Crippen molar-refractivity contribution in [2.45, 2.75) is 34.1 Å². The third kappa shape index (κ3) is 2.50. The van der Waals surface area contributed by atoms with Crippen LogP contribution in [0.2, 0.25) is 0 Å². The maximum Gasteiger partial charge on any atom is 0.134 e. The number of carbonyl (C=O) groups excluding carboxylic acids is 1. The van der Waals surface area contributed by atoms with E-state index in [0.29, 0.717) is 6.42 Å². The van der Waals surface area contributed by atoms with E-state index in [0.717, 1.165) is 16.9 Å². The van der Waals surface area contributed by atoms with Gasteiger partial charge in [-0.1, -0.05) is 17.7 Å². The minimum absolute atomic E-state index is 0.165. The van der Waals surface area contributed by atoms with Gasteiger partial charge in [-0.25, -0.2) is 4.68 Å². The van der Waals surface area contributed by atoms with Crippen LogP contribution in [0.15, 0.2) is 24.4 Å². The van der Waals surface area contributed by atoms with Gasteiger partial charge in [-0.15, -0.1) is 0 Å². The van der Waals surface area contributed by atoms with Gasteiger partial charge in [0.2, 0.25) is 0 Å². The SMILES string of the molecule is CC(=O)Cc1cn(-c2ccc(C)cc2C)nc1C. The van der Waals surface area contributed by atoms with Gasteiger partial charge in [0.1, 0.15) is 5.78 Å². The van der Waals surface area contributed by atoms with E-state index in [2.05, 4.69) is 37.1 Å². The zero-order chi connectivity index (χ0) is 13.3. The molecule has 1 heterocycles. The Morgan fingerprint density at radius 2 is 2.00 bits per heavy atom. The Morgan fingerprint density at radius 3 is 2.61 bits per heavy atom. The molecule has 94 valence electrons. The van der Waals surface area contributed by atoms with Crippen molar-refractivity contribution in [3.05, 3.63) is 46.8 Å². The van der Waals surface area contributed by atoms with E-state index in [4.69, 9.17) is 0 Å². The minimum atomic E-state index is 0.165. The number of aryl methyl sites for hydroxylation is 3. The lowest BCUT2D eigenvalue weighted by Gasteiger charge is -2.06. The van der Waals surface area contributed by atoms with Crippen LogP contribution in [0.25, 0.3) is 5.69 Å². The molecule has 0 spiro atoms. The summed E-state index contributed by atoms with van der Waals surface area (Å²) in [6.07, 6.45) is 2.41. The summed E-state index contributed by atoms with van der Waals surface area (Å²) < 4.78 is 1.86. The van der Waals surface area contributed by atoms with E-state index in [1.54, 1.807) is 6.92 Å². The third-order valence-corrected chi connectivity index (χ3v) is 3.04. The molecule has 0 saturated carbocycles. The van der Waals surface area contributed by atoms with Gasteiger partial charge in [0.25, 0.3) is 0 Å². The maximum atomic E-state index is 11.2. The van der Waals surface area contributed by atoms with Gasteiger partial charge in [0, 0.05) is 18.2 Å². The zero-order valence-electron chi connectivity index (χ0n) is 11.3. The number of benzene rings is 1. The maximum absolute atomic E-state index is 11.2. The summed E-state index contributed by atoms with van der Waals surface area (Å²) in [5.41, 5.74) is 5.42. The smallest absolute Gasteiger partial charge is 0.134 e. The molecule has 0 N–H and O–H groups in total. The topological polar surface area (TPSA) is 34.9 Å². The Balaban J connectivity index is 2.42. The molecule has 1 aromatic heterocycles. The van der Waals surface area contributed by atoms with Gasteiger partial charge in [0.05, 0.1) is 11.4 Å². The Kier molecular flexibility index (Phi) is 3.32. The van der Waals surface area contributed by atoms with Crippen molar-refractivity contribution in [3.8, 4) is 5.69 Å². The van der Waals surface area contributed by atoms with Crippen LogP contribution >= 0.6 is 0 Å². The van der Waals surface area contributed by atoms with Crippen LogP contribution < -0.4 is 0 Å².